The summed E-state index contributed by atoms with van der Waals surface area (Å²) < 4.78 is 0. The first-order valence-corrected chi connectivity index (χ1v) is 5.13. The van der Waals surface area contributed by atoms with E-state index in [-0.39, 0.29) is 0 Å². The number of fused-ring (bicyclic) bond motifs is 1. The second-order valence-corrected chi connectivity index (χ2v) is 3.72. The normalized spacial score (nSPS) is 10.8. The van der Waals surface area contributed by atoms with Gasteiger partial charge in [0.1, 0.15) is 5.52 Å². The first-order valence-electron chi connectivity index (χ1n) is 4.75. The van der Waals surface area contributed by atoms with E-state index in [0.29, 0.717) is 16.5 Å². The number of hydrogen-bond acceptors (Lipinski definition) is 3. The fourth-order valence-corrected chi connectivity index (χ4v) is 1.73. The molecule has 0 atom stereocenters. The van der Waals surface area contributed by atoms with Crippen LogP contribution in [0.15, 0.2) is 36.8 Å². The molecule has 0 fully saturated rings. The Bertz CT molecular complexity index is 647. The molecule has 2 heterocycles. The summed E-state index contributed by atoms with van der Waals surface area (Å²) in [5.74, 6) is 0.588. The van der Waals surface area contributed by atoms with E-state index >= 15 is 0 Å². The van der Waals surface area contributed by atoms with Crippen molar-refractivity contribution < 1.29 is 0 Å². The molecule has 0 aliphatic carbocycles. The van der Waals surface area contributed by atoms with Crippen molar-refractivity contribution in [3.8, 4) is 11.4 Å². The van der Waals surface area contributed by atoms with Gasteiger partial charge in [0.25, 0.3) is 0 Å². The Balaban J connectivity index is 2.22. The predicted octanol–water partition coefficient (Wildman–Crippen LogP) is 2.67. The van der Waals surface area contributed by atoms with Crippen LogP contribution in [0.5, 0.6) is 0 Å². The van der Waals surface area contributed by atoms with Crippen LogP contribution in [0.1, 0.15) is 0 Å². The van der Waals surface area contributed by atoms with Crippen LogP contribution in [0, 0.1) is 0 Å². The van der Waals surface area contributed by atoms with Crippen LogP contribution in [0.3, 0.4) is 0 Å². The molecular formula is C11H7ClN4. The molecule has 0 aliphatic heterocycles. The third-order valence-electron chi connectivity index (χ3n) is 2.29. The predicted molar refractivity (Wildman–Crippen MR) is 62.1 cm³/mol. The minimum atomic E-state index is 0.588. The van der Waals surface area contributed by atoms with Crippen molar-refractivity contribution in [3.63, 3.8) is 0 Å². The molecular weight excluding hydrogens is 224 g/mol. The SMILES string of the molecule is Clc1ccccc1-c1ncc2[nH]cnc2n1. The molecule has 4 nitrogen and oxygen atoms in total. The van der Waals surface area contributed by atoms with Crippen molar-refractivity contribution in [2.75, 3.05) is 0 Å². The lowest BCUT2D eigenvalue weighted by molar-refractivity contribution is 1.21. The molecule has 3 aromatic rings. The zero-order valence-corrected chi connectivity index (χ0v) is 8.94. The molecule has 2 aromatic heterocycles. The number of imidazole rings is 1. The fraction of sp³-hybridized carbons (Fsp3) is 0. The van der Waals surface area contributed by atoms with Gasteiger partial charge in [-0.25, -0.2) is 15.0 Å². The quantitative estimate of drug-likeness (QED) is 0.699. The number of nitrogens with one attached hydrogen (secondary N) is 1. The summed E-state index contributed by atoms with van der Waals surface area (Å²) in [5, 5.41) is 0.636. The van der Waals surface area contributed by atoms with Crippen molar-refractivity contribution in [3.05, 3.63) is 41.8 Å². The Morgan fingerprint density at radius 1 is 1.12 bits per heavy atom. The third-order valence-corrected chi connectivity index (χ3v) is 2.62. The molecule has 1 aromatic carbocycles. The number of benzene rings is 1. The van der Waals surface area contributed by atoms with Gasteiger partial charge in [-0.2, -0.15) is 0 Å². The summed E-state index contributed by atoms with van der Waals surface area (Å²) in [4.78, 5) is 15.6. The lowest BCUT2D eigenvalue weighted by atomic mass is 10.2. The van der Waals surface area contributed by atoms with Gasteiger partial charge in [-0.3, -0.25) is 0 Å². The standard InChI is InChI=1S/C11H7ClN4/c12-8-4-2-1-3-7(8)10-13-5-9-11(16-10)15-6-14-9/h1-6H,(H,13,14,15,16). The van der Waals surface area contributed by atoms with Gasteiger partial charge < -0.3 is 4.98 Å². The van der Waals surface area contributed by atoms with Crippen molar-refractivity contribution >= 4 is 22.8 Å². The van der Waals surface area contributed by atoms with Crippen molar-refractivity contribution in [2.45, 2.75) is 0 Å². The third kappa shape index (κ3) is 1.44. The summed E-state index contributed by atoms with van der Waals surface area (Å²) >= 11 is 6.08. The van der Waals surface area contributed by atoms with E-state index in [1.165, 1.54) is 0 Å². The highest BCUT2D eigenvalue weighted by atomic mass is 35.5. The maximum atomic E-state index is 6.08. The molecule has 0 radical (unpaired) electrons. The lowest BCUT2D eigenvalue weighted by Crippen LogP contribution is -1.89. The molecule has 0 amide bonds. The number of H-pyrrole nitrogens is 1. The molecule has 0 aliphatic rings. The molecule has 0 saturated carbocycles. The summed E-state index contributed by atoms with van der Waals surface area (Å²) in [6.45, 7) is 0. The fourth-order valence-electron chi connectivity index (χ4n) is 1.51. The second-order valence-electron chi connectivity index (χ2n) is 3.31. The minimum Gasteiger partial charge on any atom is -0.342 e. The van der Waals surface area contributed by atoms with Gasteiger partial charge >= 0.3 is 0 Å². The molecule has 0 saturated heterocycles. The maximum absolute atomic E-state index is 6.08. The first kappa shape index (κ1) is 9.30. The van der Waals surface area contributed by atoms with Crippen LogP contribution in [-0.4, -0.2) is 19.9 Å². The molecule has 5 heteroatoms. The van der Waals surface area contributed by atoms with E-state index in [4.69, 9.17) is 11.6 Å². The van der Waals surface area contributed by atoms with Crippen LogP contribution >= 0.6 is 11.6 Å². The van der Waals surface area contributed by atoms with Gasteiger partial charge in [0.2, 0.25) is 0 Å². The Labute approximate surface area is 96.3 Å². The second kappa shape index (κ2) is 3.57. The number of aromatic nitrogens is 4. The first-order chi connectivity index (χ1) is 7.84. The average molecular weight is 231 g/mol. The van der Waals surface area contributed by atoms with Gasteiger partial charge in [0.05, 0.1) is 17.5 Å². The van der Waals surface area contributed by atoms with Crippen LogP contribution in [0.25, 0.3) is 22.6 Å². The number of rotatable bonds is 1. The Morgan fingerprint density at radius 2 is 2.00 bits per heavy atom. The van der Waals surface area contributed by atoms with Crippen LogP contribution in [-0.2, 0) is 0 Å². The highest BCUT2D eigenvalue weighted by Crippen LogP contribution is 2.24. The number of halogens is 1. The van der Waals surface area contributed by atoms with Crippen molar-refractivity contribution in [2.24, 2.45) is 0 Å². The maximum Gasteiger partial charge on any atom is 0.181 e. The summed E-state index contributed by atoms with van der Waals surface area (Å²) in [6.07, 6.45) is 3.30. The van der Waals surface area contributed by atoms with Gasteiger partial charge in [0, 0.05) is 5.56 Å². The summed E-state index contributed by atoms with van der Waals surface area (Å²) in [7, 11) is 0. The Kier molecular flexibility index (Phi) is 2.08. The van der Waals surface area contributed by atoms with Gasteiger partial charge in [0.15, 0.2) is 11.5 Å². The molecule has 1 N–H and O–H groups in total. The van der Waals surface area contributed by atoms with Crippen LogP contribution in [0.2, 0.25) is 5.02 Å². The van der Waals surface area contributed by atoms with E-state index in [9.17, 15) is 0 Å². The van der Waals surface area contributed by atoms with E-state index in [1.807, 2.05) is 24.3 Å². The van der Waals surface area contributed by atoms with Crippen LogP contribution < -0.4 is 0 Å². The Hall–Kier alpha value is -1.94. The average Bonchev–Trinajstić information content (AvgIpc) is 2.76. The molecule has 0 unspecified atom stereocenters. The highest BCUT2D eigenvalue weighted by Gasteiger charge is 2.07. The van der Waals surface area contributed by atoms with Gasteiger partial charge in [-0.1, -0.05) is 23.7 Å². The number of hydrogen-bond donors (Lipinski definition) is 1. The molecule has 0 spiro atoms. The van der Waals surface area contributed by atoms with E-state index in [0.717, 1.165) is 11.1 Å². The smallest absolute Gasteiger partial charge is 0.181 e. The molecule has 16 heavy (non-hydrogen) atoms. The lowest BCUT2D eigenvalue weighted by Gasteiger charge is -2.01. The van der Waals surface area contributed by atoms with Crippen molar-refractivity contribution in [1.29, 1.82) is 0 Å². The highest BCUT2D eigenvalue weighted by molar-refractivity contribution is 6.33. The van der Waals surface area contributed by atoms with E-state index < -0.39 is 0 Å². The number of aromatic amines is 1. The zero-order chi connectivity index (χ0) is 11.0. The summed E-state index contributed by atoms with van der Waals surface area (Å²) in [5.41, 5.74) is 2.27. The monoisotopic (exact) mass is 230 g/mol. The molecule has 3 rings (SSSR count). The van der Waals surface area contributed by atoms with Crippen molar-refractivity contribution in [1.82, 2.24) is 19.9 Å². The minimum absolute atomic E-state index is 0.588. The van der Waals surface area contributed by atoms with Crippen LogP contribution in [0.4, 0.5) is 0 Å². The topological polar surface area (TPSA) is 54.5 Å². The molecule has 0 bridgehead atoms. The summed E-state index contributed by atoms with van der Waals surface area (Å²) in [6, 6.07) is 7.48. The number of nitrogens with zero attached hydrogens (tertiary/aromatic N) is 3. The largest absolute Gasteiger partial charge is 0.342 e. The van der Waals surface area contributed by atoms with Gasteiger partial charge in [-0.15, -0.1) is 0 Å². The zero-order valence-electron chi connectivity index (χ0n) is 8.18. The molecule has 78 valence electrons. The van der Waals surface area contributed by atoms with E-state index in [1.54, 1.807) is 12.5 Å². The van der Waals surface area contributed by atoms with Gasteiger partial charge in [-0.05, 0) is 12.1 Å². The Morgan fingerprint density at radius 3 is 2.88 bits per heavy atom. The van der Waals surface area contributed by atoms with E-state index in [2.05, 4.69) is 19.9 Å².